The summed E-state index contributed by atoms with van der Waals surface area (Å²) < 4.78 is 0.434. The fourth-order valence-electron chi connectivity index (χ4n) is 2.13. The van der Waals surface area contributed by atoms with Gasteiger partial charge in [-0.1, -0.05) is 18.2 Å². The zero-order chi connectivity index (χ0) is 11.4. The van der Waals surface area contributed by atoms with E-state index in [0.717, 1.165) is 18.8 Å². The van der Waals surface area contributed by atoms with Crippen molar-refractivity contribution in [1.29, 1.82) is 0 Å². The van der Waals surface area contributed by atoms with Gasteiger partial charge in [0.2, 0.25) is 0 Å². The van der Waals surface area contributed by atoms with Crippen LogP contribution in [0.5, 0.6) is 0 Å². The highest BCUT2D eigenvalue weighted by molar-refractivity contribution is 8.00. The van der Waals surface area contributed by atoms with E-state index in [4.69, 9.17) is 5.73 Å². The zero-order valence-corrected chi connectivity index (χ0v) is 10.6. The Balaban J connectivity index is 1.82. The molecule has 1 aromatic carbocycles. The molecule has 0 spiro atoms. The molecule has 1 atom stereocenters. The Morgan fingerprint density at radius 3 is 2.94 bits per heavy atom. The highest BCUT2D eigenvalue weighted by atomic mass is 32.2. The van der Waals surface area contributed by atoms with Crippen LogP contribution in [0, 0.1) is 0 Å². The van der Waals surface area contributed by atoms with E-state index in [1.54, 1.807) is 0 Å². The molecule has 0 aromatic heterocycles. The fraction of sp³-hybridized carbons (Fsp3) is 0.538. The van der Waals surface area contributed by atoms with Crippen LogP contribution < -0.4 is 11.1 Å². The molecule has 1 saturated heterocycles. The van der Waals surface area contributed by atoms with E-state index < -0.39 is 0 Å². The lowest BCUT2D eigenvalue weighted by atomic mass is 10.1. The minimum Gasteiger partial charge on any atom is -0.398 e. The maximum absolute atomic E-state index is 5.90. The second kappa shape index (κ2) is 5.11. The van der Waals surface area contributed by atoms with Crippen molar-refractivity contribution in [3.05, 3.63) is 29.8 Å². The molecule has 1 heterocycles. The van der Waals surface area contributed by atoms with E-state index in [2.05, 4.69) is 30.1 Å². The summed E-state index contributed by atoms with van der Waals surface area (Å²) in [7, 11) is 0. The maximum Gasteiger partial charge on any atom is 0.0359 e. The fourth-order valence-corrected chi connectivity index (χ4v) is 3.41. The molecule has 0 amide bonds. The van der Waals surface area contributed by atoms with Crippen LogP contribution in [0.2, 0.25) is 0 Å². The molecule has 1 fully saturated rings. The molecule has 88 valence electrons. The quantitative estimate of drug-likeness (QED) is 0.789. The summed E-state index contributed by atoms with van der Waals surface area (Å²) in [5.41, 5.74) is 7.99. The summed E-state index contributed by atoms with van der Waals surface area (Å²) in [4.78, 5) is 0. The SMILES string of the molecule is CC1(CNCc2ccccc2N)CCCS1. The lowest BCUT2D eigenvalue weighted by Gasteiger charge is -2.23. The van der Waals surface area contributed by atoms with Gasteiger partial charge in [0.25, 0.3) is 0 Å². The lowest BCUT2D eigenvalue weighted by molar-refractivity contribution is 0.537. The first-order chi connectivity index (χ1) is 7.70. The third kappa shape index (κ3) is 2.92. The summed E-state index contributed by atoms with van der Waals surface area (Å²) in [6.07, 6.45) is 2.69. The van der Waals surface area contributed by atoms with Gasteiger partial charge in [-0.2, -0.15) is 11.8 Å². The van der Waals surface area contributed by atoms with Crippen molar-refractivity contribution >= 4 is 17.4 Å². The van der Waals surface area contributed by atoms with Crippen LogP contribution in [0.4, 0.5) is 5.69 Å². The predicted octanol–water partition coefficient (Wildman–Crippen LogP) is 2.64. The topological polar surface area (TPSA) is 38.0 Å². The van der Waals surface area contributed by atoms with Crippen molar-refractivity contribution in [2.75, 3.05) is 18.0 Å². The summed E-state index contributed by atoms with van der Waals surface area (Å²) in [6, 6.07) is 8.07. The number of para-hydroxylation sites is 1. The van der Waals surface area contributed by atoms with E-state index in [9.17, 15) is 0 Å². The van der Waals surface area contributed by atoms with Gasteiger partial charge in [0.15, 0.2) is 0 Å². The van der Waals surface area contributed by atoms with Gasteiger partial charge in [-0.25, -0.2) is 0 Å². The number of benzene rings is 1. The van der Waals surface area contributed by atoms with E-state index in [1.807, 2.05) is 18.2 Å². The first-order valence-electron chi connectivity index (χ1n) is 5.88. The van der Waals surface area contributed by atoms with Gasteiger partial charge >= 0.3 is 0 Å². The summed E-state index contributed by atoms with van der Waals surface area (Å²) in [5.74, 6) is 1.31. The monoisotopic (exact) mass is 236 g/mol. The van der Waals surface area contributed by atoms with Crippen LogP contribution in [0.1, 0.15) is 25.3 Å². The Labute approximate surface area is 102 Å². The molecule has 2 rings (SSSR count). The number of rotatable bonds is 4. The minimum absolute atomic E-state index is 0.434. The molecule has 1 unspecified atom stereocenters. The Kier molecular flexibility index (Phi) is 3.77. The molecule has 1 aromatic rings. The maximum atomic E-state index is 5.90. The number of nitrogens with two attached hydrogens (primary N) is 1. The van der Waals surface area contributed by atoms with E-state index in [-0.39, 0.29) is 0 Å². The van der Waals surface area contributed by atoms with Crippen LogP contribution in [0.15, 0.2) is 24.3 Å². The third-order valence-corrected chi connectivity index (χ3v) is 4.71. The molecule has 16 heavy (non-hydrogen) atoms. The van der Waals surface area contributed by atoms with Gasteiger partial charge in [0.05, 0.1) is 0 Å². The third-order valence-electron chi connectivity index (χ3n) is 3.17. The number of hydrogen-bond donors (Lipinski definition) is 2. The Bertz CT molecular complexity index is 346. The molecule has 1 aliphatic heterocycles. The molecule has 0 bridgehead atoms. The molecule has 0 aliphatic carbocycles. The second-order valence-electron chi connectivity index (χ2n) is 4.70. The highest BCUT2D eigenvalue weighted by Gasteiger charge is 2.28. The number of nitrogens with one attached hydrogen (secondary N) is 1. The Hall–Kier alpha value is -0.670. The molecule has 1 aliphatic rings. The molecule has 3 heteroatoms. The summed E-state index contributed by atoms with van der Waals surface area (Å²) in [5, 5.41) is 3.52. The van der Waals surface area contributed by atoms with Crippen molar-refractivity contribution in [3.8, 4) is 0 Å². The number of hydrogen-bond acceptors (Lipinski definition) is 3. The average Bonchev–Trinajstić information content (AvgIpc) is 2.68. The molecular weight excluding hydrogens is 216 g/mol. The van der Waals surface area contributed by atoms with Crippen LogP contribution in [0.3, 0.4) is 0 Å². The van der Waals surface area contributed by atoms with Gasteiger partial charge in [-0.15, -0.1) is 0 Å². The minimum atomic E-state index is 0.434. The van der Waals surface area contributed by atoms with Crippen molar-refractivity contribution in [2.24, 2.45) is 0 Å². The van der Waals surface area contributed by atoms with Crippen molar-refractivity contribution in [3.63, 3.8) is 0 Å². The van der Waals surface area contributed by atoms with Crippen molar-refractivity contribution in [2.45, 2.75) is 31.1 Å². The first kappa shape index (κ1) is 11.8. The van der Waals surface area contributed by atoms with Gasteiger partial charge in [-0.05, 0) is 37.1 Å². The second-order valence-corrected chi connectivity index (χ2v) is 6.39. The standard InChI is InChI=1S/C13H20N2S/c1-13(7-4-8-16-13)10-15-9-11-5-2-3-6-12(11)14/h2-3,5-6,15H,4,7-10,14H2,1H3. The highest BCUT2D eigenvalue weighted by Crippen LogP contribution is 2.36. The lowest BCUT2D eigenvalue weighted by Crippen LogP contribution is -2.32. The molecular formula is C13H20N2S. The predicted molar refractivity (Wildman–Crippen MR) is 72.7 cm³/mol. The van der Waals surface area contributed by atoms with Crippen molar-refractivity contribution in [1.82, 2.24) is 5.32 Å². The van der Waals surface area contributed by atoms with Crippen LogP contribution in [-0.2, 0) is 6.54 Å². The Morgan fingerprint density at radius 1 is 1.44 bits per heavy atom. The van der Waals surface area contributed by atoms with Crippen LogP contribution >= 0.6 is 11.8 Å². The summed E-state index contributed by atoms with van der Waals surface area (Å²) >= 11 is 2.09. The first-order valence-corrected chi connectivity index (χ1v) is 6.86. The van der Waals surface area contributed by atoms with Crippen molar-refractivity contribution < 1.29 is 0 Å². The van der Waals surface area contributed by atoms with Gasteiger partial charge < -0.3 is 11.1 Å². The Morgan fingerprint density at radius 2 is 2.25 bits per heavy atom. The molecule has 2 nitrogen and oxygen atoms in total. The summed E-state index contributed by atoms with van der Waals surface area (Å²) in [6.45, 7) is 4.31. The van der Waals surface area contributed by atoms with Gasteiger partial charge in [0, 0.05) is 23.5 Å². The number of anilines is 1. The molecule has 0 saturated carbocycles. The molecule has 3 N–H and O–H groups in total. The number of thioether (sulfide) groups is 1. The molecule has 0 radical (unpaired) electrons. The van der Waals surface area contributed by atoms with E-state index in [0.29, 0.717) is 4.75 Å². The largest absolute Gasteiger partial charge is 0.398 e. The van der Waals surface area contributed by atoms with E-state index >= 15 is 0 Å². The smallest absolute Gasteiger partial charge is 0.0359 e. The van der Waals surface area contributed by atoms with Crippen LogP contribution in [-0.4, -0.2) is 17.0 Å². The average molecular weight is 236 g/mol. The van der Waals surface area contributed by atoms with Gasteiger partial charge in [-0.3, -0.25) is 0 Å². The van der Waals surface area contributed by atoms with Gasteiger partial charge in [0.1, 0.15) is 0 Å². The zero-order valence-electron chi connectivity index (χ0n) is 9.83. The van der Waals surface area contributed by atoms with E-state index in [1.165, 1.54) is 24.2 Å². The van der Waals surface area contributed by atoms with Crippen LogP contribution in [0.25, 0.3) is 0 Å². The normalized spacial score (nSPS) is 24.8. The number of nitrogen functional groups attached to an aromatic ring is 1.